The molecule has 25 heavy (non-hydrogen) atoms. The van der Waals surface area contributed by atoms with Crippen LogP contribution in [0.2, 0.25) is 0 Å². The van der Waals surface area contributed by atoms with Crippen molar-refractivity contribution in [2.75, 3.05) is 46.2 Å². The first-order valence-electron chi connectivity index (χ1n) is 8.24. The molecule has 9 nitrogen and oxygen atoms in total. The van der Waals surface area contributed by atoms with Crippen LogP contribution in [0.1, 0.15) is 20.1 Å². The normalized spacial score (nSPS) is 24.6. The number of hydrogen-bond donors (Lipinski definition) is 1. The summed E-state index contributed by atoms with van der Waals surface area (Å²) in [4.78, 5) is 18.1. The number of ether oxygens (including phenoxy) is 1. The average Bonchev–Trinajstić information content (AvgIpc) is 2.52. The minimum atomic E-state index is -2.84. The summed E-state index contributed by atoms with van der Waals surface area (Å²) in [6.07, 6.45) is 0.779. The van der Waals surface area contributed by atoms with Crippen molar-refractivity contribution in [2.45, 2.75) is 32.2 Å². The molecular formula is C15H28N5O4P. The molecule has 0 spiro atoms. The quantitative estimate of drug-likeness (QED) is 0.732. The number of aromatic nitrogens is 2. The van der Waals surface area contributed by atoms with Crippen molar-refractivity contribution < 1.29 is 13.8 Å². The number of rotatable bonds is 6. The fourth-order valence-electron chi connectivity index (χ4n) is 2.49. The van der Waals surface area contributed by atoms with Crippen molar-refractivity contribution in [3.05, 3.63) is 22.7 Å². The lowest BCUT2D eigenvalue weighted by molar-refractivity contribution is -0.139. The maximum absolute atomic E-state index is 12.4. The second-order valence-electron chi connectivity index (χ2n) is 6.75. The maximum atomic E-state index is 12.4. The Hall–Kier alpha value is -1.25. The highest BCUT2D eigenvalue weighted by Gasteiger charge is 2.32. The van der Waals surface area contributed by atoms with E-state index in [1.807, 2.05) is 0 Å². The number of morpholine rings is 1. The van der Waals surface area contributed by atoms with E-state index in [2.05, 4.69) is 23.7 Å². The molecule has 3 atom stereocenters. The summed E-state index contributed by atoms with van der Waals surface area (Å²) in [6, 6.07) is 1.84. The minimum Gasteiger partial charge on any atom is -0.383 e. The molecule has 1 aliphatic rings. The van der Waals surface area contributed by atoms with E-state index >= 15 is 0 Å². The van der Waals surface area contributed by atoms with Gasteiger partial charge in [-0.3, -0.25) is 14.0 Å². The van der Waals surface area contributed by atoms with Gasteiger partial charge >= 0.3 is 5.69 Å². The molecule has 1 unspecified atom stereocenters. The van der Waals surface area contributed by atoms with E-state index in [-0.39, 0.29) is 24.6 Å². The molecule has 1 saturated heterocycles. The molecule has 0 aromatic carbocycles. The van der Waals surface area contributed by atoms with Gasteiger partial charge in [-0.15, -0.1) is 0 Å². The zero-order valence-corrected chi connectivity index (χ0v) is 16.3. The molecule has 1 aromatic rings. The molecule has 0 bridgehead atoms. The number of anilines is 1. The van der Waals surface area contributed by atoms with E-state index in [0.717, 1.165) is 0 Å². The summed E-state index contributed by atoms with van der Waals surface area (Å²) < 4.78 is 27.0. The van der Waals surface area contributed by atoms with Crippen LogP contribution in [0.4, 0.5) is 5.82 Å². The van der Waals surface area contributed by atoms with Gasteiger partial charge < -0.3 is 15.0 Å². The maximum Gasteiger partial charge on any atom is 0.351 e. The predicted molar refractivity (Wildman–Crippen MR) is 96.7 cm³/mol. The number of nitrogens with two attached hydrogens (primary N) is 1. The van der Waals surface area contributed by atoms with Crippen LogP contribution in [0.15, 0.2) is 17.1 Å². The summed E-state index contributed by atoms with van der Waals surface area (Å²) in [5.41, 5.74) is 5.10. The van der Waals surface area contributed by atoms with Gasteiger partial charge in [0.15, 0.2) is 6.23 Å². The van der Waals surface area contributed by atoms with E-state index in [1.54, 1.807) is 37.7 Å². The van der Waals surface area contributed by atoms with E-state index in [1.165, 1.54) is 4.57 Å². The summed E-state index contributed by atoms with van der Waals surface area (Å²) >= 11 is 0. The molecule has 0 radical (unpaired) electrons. The molecule has 0 amide bonds. The minimum absolute atomic E-state index is 0.176. The highest BCUT2D eigenvalue weighted by Crippen LogP contribution is 2.44. The van der Waals surface area contributed by atoms with Crippen LogP contribution in [0, 0.1) is 0 Å². The highest BCUT2D eigenvalue weighted by atomic mass is 31.2. The van der Waals surface area contributed by atoms with E-state index in [4.69, 9.17) is 15.0 Å². The van der Waals surface area contributed by atoms with Crippen LogP contribution in [0.5, 0.6) is 0 Å². The van der Waals surface area contributed by atoms with Crippen LogP contribution in [0.3, 0.4) is 0 Å². The molecule has 0 saturated carbocycles. The number of hydrogen-bond acceptors (Lipinski definition) is 7. The average molecular weight is 373 g/mol. The summed E-state index contributed by atoms with van der Waals surface area (Å²) in [5, 5.41) is 0. The second kappa shape index (κ2) is 7.97. The zero-order chi connectivity index (χ0) is 18.8. The Labute approximate surface area is 148 Å². The lowest BCUT2D eigenvalue weighted by atomic mass is 10.2. The van der Waals surface area contributed by atoms with Crippen LogP contribution in [-0.2, 0) is 13.8 Å². The molecule has 1 aliphatic heterocycles. The van der Waals surface area contributed by atoms with Crippen LogP contribution < -0.4 is 11.4 Å². The summed E-state index contributed by atoms with van der Waals surface area (Å²) in [5.74, 6) is 0.176. The van der Waals surface area contributed by atoms with Gasteiger partial charge in [-0.25, -0.2) is 9.46 Å². The van der Waals surface area contributed by atoms with Gasteiger partial charge in [-0.2, -0.15) is 4.98 Å². The van der Waals surface area contributed by atoms with Gasteiger partial charge in [-0.1, -0.05) is 0 Å². The molecule has 1 aromatic heterocycles. The van der Waals surface area contributed by atoms with Crippen molar-refractivity contribution in [1.82, 2.24) is 19.1 Å². The first-order chi connectivity index (χ1) is 11.6. The van der Waals surface area contributed by atoms with Gasteiger partial charge in [0, 0.05) is 32.0 Å². The molecular weight excluding hydrogens is 345 g/mol. The van der Waals surface area contributed by atoms with Crippen LogP contribution in [-0.4, -0.2) is 71.7 Å². The lowest BCUT2D eigenvalue weighted by Gasteiger charge is -2.40. The summed E-state index contributed by atoms with van der Waals surface area (Å²) in [6.45, 7) is 7.10. The fourth-order valence-corrected chi connectivity index (χ4v) is 3.17. The van der Waals surface area contributed by atoms with E-state index in [0.29, 0.717) is 13.1 Å². The molecule has 10 heteroatoms. The zero-order valence-electron chi connectivity index (χ0n) is 15.5. The van der Waals surface area contributed by atoms with Crippen molar-refractivity contribution in [3.63, 3.8) is 0 Å². The lowest BCUT2D eigenvalue weighted by Crippen LogP contribution is -2.51. The van der Waals surface area contributed by atoms with Gasteiger partial charge in [0.05, 0.1) is 12.7 Å². The Morgan fingerprint density at radius 2 is 2.16 bits per heavy atom. The summed E-state index contributed by atoms with van der Waals surface area (Å²) in [7, 11) is 0.582. The topological polar surface area (TPSA) is 103 Å². The van der Waals surface area contributed by atoms with Crippen molar-refractivity contribution >= 4 is 13.3 Å². The Kier molecular flexibility index (Phi) is 6.40. The van der Waals surface area contributed by atoms with Crippen molar-refractivity contribution in [1.29, 1.82) is 0 Å². The Morgan fingerprint density at radius 1 is 1.48 bits per heavy atom. The molecule has 2 heterocycles. The molecule has 2 rings (SSSR count). The third kappa shape index (κ3) is 5.12. The van der Waals surface area contributed by atoms with Gasteiger partial charge in [-0.05, 0) is 34.0 Å². The SMILES string of the molecule is CC(C)N1C[C@@H](COP(C)(=O)N(C)C)O[C@@H](n2ccc(N)nc2=O)C1. The Balaban J connectivity index is 2.16. The smallest absolute Gasteiger partial charge is 0.351 e. The standard InChI is InChI=1S/C15H28N5O4P/c1-11(2)19-8-12(10-23-25(5,22)18(3)4)24-14(9-19)20-7-6-13(16)17-15(20)21/h6-7,11-12,14H,8-10H2,1-5H3,(H2,16,17,21)/t12-,14+,25?/m0/s1. The Bertz CT molecular complexity index is 693. The van der Waals surface area contributed by atoms with Crippen molar-refractivity contribution in [3.8, 4) is 0 Å². The molecule has 142 valence electrons. The first kappa shape index (κ1) is 20.1. The fraction of sp³-hybridized carbons (Fsp3) is 0.733. The third-order valence-electron chi connectivity index (χ3n) is 4.30. The molecule has 2 N–H and O–H groups in total. The van der Waals surface area contributed by atoms with Crippen LogP contribution >= 0.6 is 7.52 Å². The number of nitrogens with zero attached hydrogens (tertiary/aromatic N) is 4. The largest absolute Gasteiger partial charge is 0.383 e. The Morgan fingerprint density at radius 3 is 2.72 bits per heavy atom. The van der Waals surface area contributed by atoms with Crippen LogP contribution in [0.25, 0.3) is 0 Å². The third-order valence-corrected chi connectivity index (χ3v) is 6.38. The van der Waals surface area contributed by atoms with Gasteiger partial charge in [0.1, 0.15) is 5.82 Å². The molecule has 1 fully saturated rings. The van der Waals surface area contributed by atoms with Crippen molar-refractivity contribution in [2.24, 2.45) is 0 Å². The highest BCUT2D eigenvalue weighted by molar-refractivity contribution is 7.55. The number of nitrogen functional groups attached to an aromatic ring is 1. The second-order valence-corrected chi connectivity index (χ2v) is 9.41. The van der Waals surface area contributed by atoms with Gasteiger partial charge in [0.2, 0.25) is 0 Å². The van der Waals surface area contributed by atoms with E-state index < -0.39 is 19.4 Å². The van der Waals surface area contributed by atoms with Gasteiger partial charge in [0.25, 0.3) is 7.52 Å². The predicted octanol–water partition coefficient (Wildman–Crippen LogP) is 0.834. The van der Waals surface area contributed by atoms with E-state index in [9.17, 15) is 9.36 Å². The molecule has 0 aliphatic carbocycles. The first-order valence-corrected chi connectivity index (χ1v) is 10.3. The monoisotopic (exact) mass is 373 g/mol.